The van der Waals surface area contributed by atoms with Crippen molar-refractivity contribution in [1.29, 1.82) is 0 Å². The number of imidazole rings is 1. The van der Waals surface area contributed by atoms with Crippen LogP contribution in [0.25, 0.3) is 16.8 Å². The first kappa shape index (κ1) is 20.1. The van der Waals surface area contributed by atoms with Crippen LogP contribution in [0, 0.1) is 5.82 Å². The number of fused-ring (bicyclic) bond motifs is 1. The van der Waals surface area contributed by atoms with Crippen LogP contribution in [0.2, 0.25) is 0 Å². The Hall–Kier alpha value is -3.87. The Morgan fingerprint density at radius 3 is 2.53 bits per heavy atom. The first-order valence-electron chi connectivity index (χ1n) is 10.5. The van der Waals surface area contributed by atoms with Crippen molar-refractivity contribution in [3.63, 3.8) is 0 Å². The van der Waals surface area contributed by atoms with E-state index in [0.717, 1.165) is 35.7 Å². The molecule has 0 atom stereocenters. The average molecular weight is 430 g/mol. The molecule has 6 nitrogen and oxygen atoms in total. The lowest BCUT2D eigenvalue weighted by atomic mass is 10.1. The summed E-state index contributed by atoms with van der Waals surface area (Å²) in [5.74, 6) is 0.471. The zero-order chi connectivity index (χ0) is 22.1. The standard InChI is InChI=1S/C25H23FN4O2/c1-32-23-8-3-2-7-22(23)28-11-13-29(14-12-28)25(31)21-17-30-16-19(9-10-24(30)27-21)18-5-4-6-20(26)15-18/h2-10,15-17H,11-14H2,1H3. The lowest BCUT2D eigenvalue weighted by molar-refractivity contribution is 0.0741. The Balaban J connectivity index is 1.32. The van der Waals surface area contributed by atoms with Gasteiger partial charge in [-0.05, 0) is 47.5 Å². The van der Waals surface area contributed by atoms with Crippen molar-refractivity contribution in [3.8, 4) is 16.9 Å². The number of amides is 1. The monoisotopic (exact) mass is 430 g/mol. The van der Waals surface area contributed by atoms with E-state index in [1.54, 1.807) is 19.4 Å². The Bertz CT molecular complexity index is 1280. The molecule has 3 heterocycles. The molecule has 0 radical (unpaired) electrons. The number of halogens is 1. The van der Waals surface area contributed by atoms with Crippen molar-refractivity contribution in [2.24, 2.45) is 0 Å². The van der Waals surface area contributed by atoms with Gasteiger partial charge >= 0.3 is 0 Å². The fourth-order valence-electron chi connectivity index (χ4n) is 4.14. The van der Waals surface area contributed by atoms with Gasteiger partial charge in [-0.1, -0.05) is 24.3 Å². The predicted octanol–water partition coefficient (Wildman–Crippen LogP) is 4.11. The number of carbonyl (C=O) groups excluding carboxylic acids is 1. The molecule has 1 amide bonds. The van der Waals surface area contributed by atoms with Gasteiger partial charge in [-0.2, -0.15) is 0 Å². The maximum absolute atomic E-state index is 13.6. The van der Waals surface area contributed by atoms with Crippen molar-refractivity contribution in [1.82, 2.24) is 14.3 Å². The molecule has 0 spiro atoms. The van der Waals surface area contributed by atoms with Crippen molar-refractivity contribution in [2.75, 3.05) is 38.2 Å². The molecule has 0 N–H and O–H groups in total. The normalized spacial score (nSPS) is 14.1. The van der Waals surface area contributed by atoms with Gasteiger partial charge in [-0.3, -0.25) is 4.79 Å². The van der Waals surface area contributed by atoms with Crippen molar-refractivity contribution < 1.29 is 13.9 Å². The summed E-state index contributed by atoms with van der Waals surface area (Å²) in [6.07, 6.45) is 3.61. The molecule has 1 aliphatic heterocycles. The highest BCUT2D eigenvalue weighted by Gasteiger charge is 2.25. The van der Waals surface area contributed by atoms with Crippen LogP contribution >= 0.6 is 0 Å². The molecule has 4 aromatic rings. The first-order chi connectivity index (χ1) is 15.6. The molecule has 0 bridgehead atoms. The minimum absolute atomic E-state index is 0.0827. The number of methoxy groups -OCH3 is 1. The van der Waals surface area contributed by atoms with E-state index < -0.39 is 0 Å². The van der Waals surface area contributed by atoms with Gasteiger partial charge in [0.15, 0.2) is 0 Å². The van der Waals surface area contributed by atoms with Crippen LogP contribution in [0.3, 0.4) is 0 Å². The third-order valence-electron chi connectivity index (χ3n) is 5.82. The van der Waals surface area contributed by atoms with E-state index >= 15 is 0 Å². The number of aromatic nitrogens is 2. The van der Waals surface area contributed by atoms with Crippen molar-refractivity contribution >= 4 is 17.2 Å². The molecular weight excluding hydrogens is 407 g/mol. The Kier molecular flexibility index (Phi) is 5.23. The molecule has 2 aromatic heterocycles. The Labute approximate surface area is 185 Å². The van der Waals surface area contributed by atoms with E-state index in [4.69, 9.17) is 4.74 Å². The van der Waals surface area contributed by atoms with Gasteiger partial charge in [0.2, 0.25) is 0 Å². The van der Waals surface area contributed by atoms with Gasteiger partial charge in [0.25, 0.3) is 5.91 Å². The maximum atomic E-state index is 13.6. The molecule has 0 saturated carbocycles. The number of hydrogen-bond acceptors (Lipinski definition) is 4. The number of anilines is 1. The van der Waals surface area contributed by atoms with E-state index in [9.17, 15) is 9.18 Å². The number of carbonyl (C=O) groups is 1. The summed E-state index contributed by atoms with van der Waals surface area (Å²) in [7, 11) is 1.67. The van der Waals surface area contributed by atoms with Gasteiger partial charge in [0.05, 0.1) is 12.8 Å². The molecule has 162 valence electrons. The number of hydrogen-bond donors (Lipinski definition) is 0. The second-order valence-corrected chi connectivity index (χ2v) is 7.77. The number of piperazine rings is 1. The van der Waals surface area contributed by atoms with Gasteiger partial charge in [-0.15, -0.1) is 0 Å². The average Bonchev–Trinajstić information content (AvgIpc) is 3.27. The molecule has 0 aliphatic carbocycles. The second-order valence-electron chi connectivity index (χ2n) is 7.77. The van der Waals surface area contributed by atoms with E-state index in [2.05, 4.69) is 9.88 Å². The van der Waals surface area contributed by atoms with Crippen LogP contribution in [0.1, 0.15) is 10.5 Å². The summed E-state index contributed by atoms with van der Waals surface area (Å²) in [4.78, 5) is 21.7. The lowest BCUT2D eigenvalue weighted by Gasteiger charge is -2.36. The summed E-state index contributed by atoms with van der Waals surface area (Å²) < 4.78 is 20.9. The smallest absolute Gasteiger partial charge is 0.274 e. The summed E-state index contributed by atoms with van der Waals surface area (Å²) in [6, 6.07) is 18.1. The molecule has 5 rings (SSSR count). The number of rotatable bonds is 4. The molecule has 1 aliphatic rings. The van der Waals surface area contributed by atoms with Gasteiger partial charge in [0.1, 0.15) is 22.9 Å². The molecule has 2 aromatic carbocycles. The van der Waals surface area contributed by atoms with E-state index in [-0.39, 0.29) is 11.7 Å². The summed E-state index contributed by atoms with van der Waals surface area (Å²) in [5.41, 5.74) is 3.77. The van der Waals surface area contributed by atoms with E-state index in [1.165, 1.54) is 12.1 Å². The molecule has 7 heteroatoms. The summed E-state index contributed by atoms with van der Waals surface area (Å²) in [5, 5.41) is 0. The number of pyridine rings is 1. The minimum atomic E-state index is -0.281. The van der Waals surface area contributed by atoms with Crippen LogP contribution in [-0.4, -0.2) is 53.5 Å². The van der Waals surface area contributed by atoms with Gasteiger partial charge in [-0.25, -0.2) is 9.37 Å². The number of ether oxygens (including phenoxy) is 1. The van der Waals surface area contributed by atoms with E-state index in [1.807, 2.05) is 58.0 Å². The lowest BCUT2D eigenvalue weighted by Crippen LogP contribution is -2.49. The van der Waals surface area contributed by atoms with Gasteiger partial charge < -0.3 is 18.9 Å². The van der Waals surface area contributed by atoms with Gasteiger partial charge in [0, 0.05) is 38.6 Å². The third-order valence-corrected chi connectivity index (χ3v) is 5.82. The number of para-hydroxylation sites is 2. The molecule has 0 unspecified atom stereocenters. The van der Waals surface area contributed by atoms with Crippen LogP contribution in [0.15, 0.2) is 73.1 Å². The number of nitrogens with zero attached hydrogens (tertiary/aromatic N) is 4. The highest BCUT2D eigenvalue weighted by atomic mass is 19.1. The molecular formula is C25H23FN4O2. The van der Waals surface area contributed by atoms with Crippen LogP contribution < -0.4 is 9.64 Å². The zero-order valence-corrected chi connectivity index (χ0v) is 17.7. The highest BCUT2D eigenvalue weighted by Crippen LogP contribution is 2.28. The first-order valence-corrected chi connectivity index (χ1v) is 10.5. The fourth-order valence-corrected chi connectivity index (χ4v) is 4.14. The summed E-state index contributed by atoms with van der Waals surface area (Å²) in [6.45, 7) is 2.67. The fraction of sp³-hybridized carbons (Fsp3) is 0.200. The van der Waals surface area contributed by atoms with Crippen molar-refractivity contribution in [3.05, 3.63) is 84.6 Å². The number of benzene rings is 2. The van der Waals surface area contributed by atoms with E-state index in [0.29, 0.717) is 24.4 Å². The summed E-state index contributed by atoms with van der Waals surface area (Å²) >= 11 is 0. The molecule has 1 fully saturated rings. The predicted molar refractivity (Wildman–Crippen MR) is 122 cm³/mol. The largest absolute Gasteiger partial charge is 0.495 e. The second kappa shape index (κ2) is 8.34. The quantitative estimate of drug-likeness (QED) is 0.489. The molecule has 1 saturated heterocycles. The van der Waals surface area contributed by atoms with Crippen LogP contribution in [0.5, 0.6) is 5.75 Å². The van der Waals surface area contributed by atoms with Crippen LogP contribution in [-0.2, 0) is 0 Å². The topological polar surface area (TPSA) is 50.1 Å². The Morgan fingerprint density at radius 1 is 0.938 bits per heavy atom. The third kappa shape index (κ3) is 3.77. The zero-order valence-electron chi connectivity index (χ0n) is 17.7. The van der Waals surface area contributed by atoms with Crippen molar-refractivity contribution in [2.45, 2.75) is 0 Å². The Morgan fingerprint density at radius 2 is 1.75 bits per heavy atom. The SMILES string of the molecule is COc1ccccc1N1CCN(C(=O)c2cn3cc(-c4cccc(F)c4)ccc3n2)CC1. The van der Waals surface area contributed by atoms with Crippen LogP contribution in [0.4, 0.5) is 10.1 Å². The maximum Gasteiger partial charge on any atom is 0.274 e. The molecule has 32 heavy (non-hydrogen) atoms. The highest BCUT2D eigenvalue weighted by molar-refractivity contribution is 5.93. The minimum Gasteiger partial charge on any atom is -0.495 e.